The van der Waals surface area contributed by atoms with Crippen LogP contribution in [0, 0.1) is 0 Å². The van der Waals surface area contributed by atoms with Crippen LogP contribution >= 0.6 is 0 Å². The minimum Gasteiger partial charge on any atom is -0.450 e. The molecule has 1 aromatic carbocycles. The lowest BCUT2D eigenvalue weighted by Crippen LogP contribution is -2.30. The molecule has 1 aliphatic carbocycles. The van der Waals surface area contributed by atoms with Gasteiger partial charge < -0.3 is 9.64 Å². The Morgan fingerprint density at radius 1 is 1.50 bits per heavy atom. The van der Waals surface area contributed by atoms with Crippen LogP contribution < -0.4 is 0 Å². The SMILES string of the molecule is CCOC(=O)N(C)C1CCc2ccccc21. The van der Waals surface area contributed by atoms with Crippen LogP contribution in [0.4, 0.5) is 4.79 Å². The number of carbonyl (C=O) groups excluding carboxylic acids is 1. The second-order valence-electron chi connectivity index (χ2n) is 4.06. The summed E-state index contributed by atoms with van der Waals surface area (Å²) in [5.74, 6) is 0. The number of fused-ring (bicyclic) bond motifs is 1. The third kappa shape index (κ3) is 1.90. The van der Waals surface area contributed by atoms with Gasteiger partial charge in [-0.05, 0) is 30.9 Å². The van der Waals surface area contributed by atoms with E-state index >= 15 is 0 Å². The Hall–Kier alpha value is -1.51. The maximum atomic E-state index is 11.6. The van der Waals surface area contributed by atoms with Crippen LogP contribution in [0.5, 0.6) is 0 Å². The Kier molecular flexibility index (Phi) is 3.13. The lowest BCUT2D eigenvalue weighted by molar-refractivity contribution is 0.101. The van der Waals surface area contributed by atoms with E-state index in [2.05, 4.69) is 12.1 Å². The highest BCUT2D eigenvalue weighted by atomic mass is 16.6. The lowest BCUT2D eigenvalue weighted by Gasteiger charge is -2.24. The van der Waals surface area contributed by atoms with E-state index in [0.717, 1.165) is 12.8 Å². The van der Waals surface area contributed by atoms with Crippen molar-refractivity contribution in [3.8, 4) is 0 Å². The van der Waals surface area contributed by atoms with Crippen molar-refractivity contribution in [2.24, 2.45) is 0 Å². The van der Waals surface area contributed by atoms with E-state index in [1.54, 1.807) is 4.90 Å². The number of hydrogen-bond acceptors (Lipinski definition) is 2. The van der Waals surface area contributed by atoms with E-state index in [1.165, 1.54) is 11.1 Å². The van der Waals surface area contributed by atoms with Crippen molar-refractivity contribution in [1.82, 2.24) is 4.90 Å². The summed E-state index contributed by atoms with van der Waals surface area (Å²) >= 11 is 0. The summed E-state index contributed by atoms with van der Waals surface area (Å²) in [6.45, 7) is 2.26. The topological polar surface area (TPSA) is 29.5 Å². The zero-order valence-electron chi connectivity index (χ0n) is 9.77. The largest absolute Gasteiger partial charge is 0.450 e. The number of amides is 1. The highest BCUT2D eigenvalue weighted by Gasteiger charge is 2.28. The summed E-state index contributed by atoms with van der Waals surface area (Å²) in [7, 11) is 1.81. The second-order valence-corrected chi connectivity index (χ2v) is 4.06. The molecule has 0 heterocycles. The molecule has 0 aliphatic heterocycles. The smallest absolute Gasteiger partial charge is 0.410 e. The molecule has 0 N–H and O–H groups in total. The van der Waals surface area contributed by atoms with Gasteiger partial charge in [0.2, 0.25) is 0 Å². The van der Waals surface area contributed by atoms with Crippen LogP contribution in [0.3, 0.4) is 0 Å². The molecular weight excluding hydrogens is 202 g/mol. The number of nitrogens with zero attached hydrogens (tertiary/aromatic N) is 1. The molecule has 0 aromatic heterocycles. The first-order chi connectivity index (χ1) is 7.74. The Bertz CT molecular complexity index is 389. The Morgan fingerprint density at radius 3 is 3.00 bits per heavy atom. The van der Waals surface area contributed by atoms with Crippen molar-refractivity contribution in [2.45, 2.75) is 25.8 Å². The molecule has 0 fully saturated rings. The standard InChI is InChI=1S/C13H17NO2/c1-3-16-13(15)14(2)12-9-8-10-6-4-5-7-11(10)12/h4-7,12H,3,8-9H2,1-2H3. The van der Waals surface area contributed by atoms with Crippen molar-refractivity contribution < 1.29 is 9.53 Å². The average molecular weight is 219 g/mol. The van der Waals surface area contributed by atoms with Gasteiger partial charge >= 0.3 is 6.09 Å². The third-order valence-electron chi connectivity index (χ3n) is 3.12. The minimum atomic E-state index is -0.232. The highest BCUT2D eigenvalue weighted by molar-refractivity contribution is 5.68. The van der Waals surface area contributed by atoms with Gasteiger partial charge in [-0.1, -0.05) is 24.3 Å². The van der Waals surface area contributed by atoms with Crippen LogP contribution in [0.25, 0.3) is 0 Å². The molecule has 0 spiro atoms. The van der Waals surface area contributed by atoms with Crippen LogP contribution in [-0.2, 0) is 11.2 Å². The van der Waals surface area contributed by atoms with Gasteiger partial charge in [0.05, 0.1) is 12.6 Å². The second kappa shape index (κ2) is 4.56. The molecule has 1 amide bonds. The summed E-state index contributed by atoms with van der Waals surface area (Å²) in [4.78, 5) is 13.3. The summed E-state index contributed by atoms with van der Waals surface area (Å²) in [6, 6.07) is 8.48. The molecular formula is C13H17NO2. The van der Waals surface area contributed by atoms with E-state index in [-0.39, 0.29) is 12.1 Å². The number of rotatable bonds is 2. The summed E-state index contributed by atoms with van der Waals surface area (Å²) < 4.78 is 5.02. The summed E-state index contributed by atoms with van der Waals surface area (Å²) in [6.07, 6.45) is 1.81. The summed E-state index contributed by atoms with van der Waals surface area (Å²) in [5.41, 5.74) is 2.61. The van der Waals surface area contributed by atoms with Gasteiger partial charge in [0.15, 0.2) is 0 Å². The van der Waals surface area contributed by atoms with Gasteiger partial charge in [-0.15, -0.1) is 0 Å². The first kappa shape index (κ1) is 11.0. The van der Waals surface area contributed by atoms with E-state index in [0.29, 0.717) is 6.61 Å². The highest BCUT2D eigenvalue weighted by Crippen LogP contribution is 2.34. The third-order valence-corrected chi connectivity index (χ3v) is 3.12. The van der Waals surface area contributed by atoms with Crippen LogP contribution in [0.15, 0.2) is 24.3 Å². The van der Waals surface area contributed by atoms with Crippen molar-refractivity contribution in [3.63, 3.8) is 0 Å². The fourth-order valence-electron chi connectivity index (χ4n) is 2.29. The molecule has 0 bridgehead atoms. The predicted molar refractivity (Wildman–Crippen MR) is 62.3 cm³/mol. The average Bonchev–Trinajstić information content (AvgIpc) is 2.72. The molecule has 2 rings (SSSR count). The fourth-order valence-corrected chi connectivity index (χ4v) is 2.29. The first-order valence-corrected chi connectivity index (χ1v) is 5.71. The van der Waals surface area contributed by atoms with Gasteiger partial charge in [0.25, 0.3) is 0 Å². The van der Waals surface area contributed by atoms with Crippen LogP contribution in [-0.4, -0.2) is 24.6 Å². The first-order valence-electron chi connectivity index (χ1n) is 5.71. The number of ether oxygens (including phenoxy) is 1. The van der Waals surface area contributed by atoms with Gasteiger partial charge in [0, 0.05) is 7.05 Å². The minimum absolute atomic E-state index is 0.176. The van der Waals surface area contributed by atoms with E-state index < -0.39 is 0 Å². The quantitative estimate of drug-likeness (QED) is 0.765. The predicted octanol–water partition coefficient (Wildman–Crippen LogP) is 2.76. The van der Waals surface area contributed by atoms with E-state index in [9.17, 15) is 4.79 Å². The normalized spacial score (nSPS) is 18.0. The van der Waals surface area contributed by atoms with Gasteiger partial charge in [0.1, 0.15) is 0 Å². The Morgan fingerprint density at radius 2 is 2.25 bits per heavy atom. The van der Waals surface area contributed by atoms with E-state index in [1.807, 2.05) is 26.1 Å². The zero-order valence-corrected chi connectivity index (χ0v) is 9.77. The molecule has 1 aromatic rings. The van der Waals surface area contributed by atoms with Gasteiger partial charge in [-0.25, -0.2) is 4.79 Å². The van der Waals surface area contributed by atoms with Gasteiger partial charge in [-0.3, -0.25) is 0 Å². The maximum absolute atomic E-state index is 11.6. The number of hydrogen-bond donors (Lipinski definition) is 0. The summed E-state index contributed by atoms with van der Waals surface area (Å²) in [5, 5.41) is 0. The van der Waals surface area contributed by atoms with Crippen LogP contribution in [0.1, 0.15) is 30.5 Å². The molecule has 1 aliphatic rings. The molecule has 0 saturated carbocycles. The fraction of sp³-hybridized carbons (Fsp3) is 0.462. The monoisotopic (exact) mass is 219 g/mol. The molecule has 16 heavy (non-hydrogen) atoms. The number of aryl methyl sites for hydroxylation is 1. The van der Waals surface area contributed by atoms with Crippen molar-refractivity contribution in [3.05, 3.63) is 35.4 Å². The molecule has 86 valence electrons. The van der Waals surface area contributed by atoms with Gasteiger partial charge in [-0.2, -0.15) is 0 Å². The zero-order chi connectivity index (χ0) is 11.5. The lowest BCUT2D eigenvalue weighted by atomic mass is 10.1. The van der Waals surface area contributed by atoms with Crippen molar-refractivity contribution >= 4 is 6.09 Å². The molecule has 3 heteroatoms. The molecule has 1 atom stereocenters. The molecule has 3 nitrogen and oxygen atoms in total. The van der Waals surface area contributed by atoms with Crippen LogP contribution in [0.2, 0.25) is 0 Å². The molecule has 0 saturated heterocycles. The van der Waals surface area contributed by atoms with E-state index in [4.69, 9.17) is 4.74 Å². The Balaban J connectivity index is 2.15. The molecule has 0 radical (unpaired) electrons. The maximum Gasteiger partial charge on any atom is 0.410 e. The van der Waals surface area contributed by atoms with Crippen molar-refractivity contribution in [1.29, 1.82) is 0 Å². The number of benzene rings is 1. The number of carbonyl (C=O) groups is 1. The molecule has 1 unspecified atom stereocenters. The van der Waals surface area contributed by atoms with Crippen molar-refractivity contribution in [2.75, 3.05) is 13.7 Å². The Labute approximate surface area is 96.0 Å².